The number of rotatable bonds is 2. The zero-order chi connectivity index (χ0) is 18.4. The molecule has 2 nitrogen and oxygen atoms in total. The third-order valence-electron chi connectivity index (χ3n) is 5.42. The van der Waals surface area contributed by atoms with Gasteiger partial charge in [-0.1, -0.05) is 66.7 Å². The van der Waals surface area contributed by atoms with Crippen LogP contribution in [0.25, 0.3) is 33.0 Å². The van der Waals surface area contributed by atoms with E-state index in [-0.39, 0.29) is 5.97 Å². The highest BCUT2D eigenvalue weighted by Crippen LogP contribution is 2.41. The number of benzene rings is 4. The molecule has 0 bridgehead atoms. The molecule has 1 aliphatic carbocycles. The first kappa shape index (κ1) is 15.8. The average molecular weight is 350 g/mol. The SMILES string of the molecule is COC(=O)c1ccc2ccccc2c1-c1ccc2c(c1)-c1ccccc1C2. The standard InChI is InChI=1S/C25H18O2/c1-27-25(26)22-13-12-16-6-2-5-9-21(16)24(22)19-11-10-18-14-17-7-3-4-8-20(17)23(18)15-19/h2-13,15H,14H2,1H3. The summed E-state index contributed by atoms with van der Waals surface area (Å²) >= 11 is 0. The fraction of sp³-hybridized carbons (Fsp3) is 0.0800. The molecule has 0 amide bonds. The number of hydrogen-bond donors (Lipinski definition) is 0. The summed E-state index contributed by atoms with van der Waals surface area (Å²) in [7, 11) is 1.43. The fourth-order valence-electron chi connectivity index (χ4n) is 4.14. The molecule has 27 heavy (non-hydrogen) atoms. The van der Waals surface area contributed by atoms with Gasteiger partial charge in [0.25, 0.3) is 0 Å². The van der Waals surface area contributed by atoms with Crippen molar-refractivity contribution in [3.63, 3.8) is 0 Å². The second-order valence-electron chi connectivity index (χ2n) is 6.91. The molecule has 5 rings (SSSR count). The normalized spacial score (nSPS) is 11.9. The van der Waals surface area contributed by atoms with Gasteiger partial charge >= 0.3 is 5.97 Å². The Morgan fingerprint density at radius 3 is 2.48 bits per heavy atom. The number of esters is 1. The number of carbonyl (C=O) groups excluding carboxylic acids is 1. The van der Waals surface area contributed by atoms with Crippen LogP contribution in [0.15, 0.2) is 78.9 Å². The highest BCUT2D eigenvalue weighted by molar-refractivity contribution is 6.08. The van der Waals surface area contributed by atoms with Crippen LogP contribution in [0.3, 0.4) is 0 Å². The van der Waals surface area contributed by atoms with E-state index in [0.29, 0.717) is 5.56 Å². The highest BCUT2D eigenvalue weighted by Gasteiger charge is 2.21. The summed E-state index contributed by atoms with van der Waals surface area (Å²) in [5.74, 6) is -0.309. The monoisotopic (exact) mass is 350 g/mol. The number of methoxy groups -OCH3 is 1. The first-order valence-corrected chi connectivity index (χ1v) is 9.08. The van der Waals surface area contributed by atoms with Gasteiger partial charge in [0.05, 0.1) is 12.7 Å². The van der Waals surface area contributed by atoms with E-state index in [4.69, 9.17) is 4.74 Å². The summed E-state index contributed by atoms with van der Waals surface area (Å²) < 4.78 is 5.06. The molecule has 0 fully saturated rings. The van der Waals surface area contributed by atoms with Gasteiger partial charge in [-0.25, -0.2) is 4.79 Å². The van der Waals surface area contributed by atoms with Crippen LogP contribution in [0.1, 0.15) is 21.5 Å². The van der Waals surface area contributed by atoms with Gasteiger partial charge in [-0.15, -0.1) is 0 Å². The molecule has 0 spiro atoms. The molecule has 4 aromatic carbocycles. The lowest BCUT2D eigenvalue weighted by Gasteiger charge is -2.14. The van der Waals surface area contributed by atoms with Crippen molar-refractivity contribution in [2.75, 3.05) is 7.11 Å². The van der Waals surface area contributed by atoms with E-state index in [2.05, 4.69) is 54.6 Å². The Bertz CT molecular complexity index is 1200. The van der Waals surface area contributed by atoms with E-state index in [0.717, 1.165) is 28.3 Å². The van der Waals surface area contributed by atoms with Crippen molar-refractivity contribution in [1.29, 1.82) is 0 Å². The Labute approximate surface area is 158 Å². The zero-order valence-electron chi connectivity index (χ0n) is 15.0. The van der Waals surface area contributed by atoms with Gasteiger partial charge in [-0.2, -0.15) is 0 Å². The van der Waals surface area contributed by atoms with Gasteiger partial charge in [0.15, 0.2) is 0 Å². The molecule has 0 atom stereocenters. The average Bonchev–Trinajstić information content (AvgIpc) is 3.10. The molecule has 130 valence electrons. The van der Waals surface area contributed by atoms with E-state index in [9.17, 15) is 4.79 Å². The largest absolute Gasteiger partial charge is 0.465 e. The second-order valence-corrected chi connectivity index (χ2v) is 6.91. The predicted molar refractivity (Wildman–Crippen MR) is 109 cm³/mol. The summed E-state index contributed by atoms with van der Waals surface area (Å²) in [5.41, 5.74) is 7.81. The Morgan fingerprint density at radius 1 is 0.815 bits per heavy atom. The van der Waals surface area contributed by atoms with Gasteiger partial charge in [0, 0.05) is 5.56 Å². The molecule has 1 aliphatic rings. The number of ether oxygens (including phenoxy) is 1. The lowest BCUT2D eigenvalue weighted by atomic mass is 9.91. The zero-order valence-corrected chi connectivity index (χ0v) is 15.0. The summed E-state index contributed by atoms with van der Waals surface area (Å²) in [4.78, 5) is 12.5. The molecule has 0 saturated heterocycles. The molecule has 0 heterocycles. The fourth-order valence-corrected chi connectivity index (χ4v) is 4.14. The third kappa shape index (κ3) is 2.45. The molecule has 0 unspecified atom stereocenters. The molecule has 0 aromatic heterocycles. The summed E-state index contributed by atoms with van der Waals surface area (Å²) in [6.07, 6.45) is 0.963. The van der Waals surface area contributed by atoms with Crippen LogP contribution in [0.2, 0.25) is 0 Å². The first-order chi connectivity index (χ1) is 13.3. The minimum absolute atomic E-state index is 0.309. The van der Waals surface area contributed by atoms with E-state index in [1.54, 1.807) is 0 Å². The number of carbonyl (C=O) groups is 1. The van der Waals surface area contributed by atoms with Crippen molar-refractivity contribution in [3.8, 4) is 22.3 Å². The van der Waals surface area contributed by atoms with Crippen molar-refractivity contribution in [3.05, 3.63) is 95.6 Å². The minimum atomic E-state index is -0.309. The predicted octanol–water partition coefficient (Wildman–Crippen LogP) is 5.86. The molecule has 0 aliphatic heterocycles. The van der Waals surface area contributed by atoms with Crippen molar-refractivity contribution >= 4 is 16.7 Å². The Hall–Kier alpha value is -3.39. The van der Waals surface area contributed by atoms with E-state index < -0.39 is 0 Å². The molecule has 0 radical (unpaired) electrons. The maximum Gasteiger partial charge on any atom is 0.338 e. The molecule has 0 N–H and O–H groups in total. The van der Waals surface area contributed by atoms with E-state index in [1.165, 1.54) is 29.4 Å². The Kier molecular flexibility index (Phi) is 3.58. The van der Waals surface area contributed by atoms with Gasteiger partial charge in [-0.3, -0.25) is 0 Å². The van der Waals surface area contributed by atoms with Gasteiger partial charge in [0.1, 0.15) is 0 Å². The maximum atomic E-state index is 12.5. The molecule has 2 heteroatoms. The lowest BCUT2D eigenvalue weighted by molar-refractivity contribution is 0.0602. The molecule has 4 aromatic rings. The highest BCUT2D eigenvalue weighted by atomic mass is 16.5. The second kappa shape index (κ2) is 6.10. The Balaban J connectivity index is 1.79. The van der Waals surface area contributed by atoms with Gasteiger partial charge in [-0.05, 0) is 57.1 Å². The number of fused-ring (bicyclic) bond motifs is 4. The van der Waals surface area contributed by atoms with Crippen LogP contribution in [-0.2, 0) is 11.2 Å². The van der Waals surface area contributed by atoms with E-state index >= 15 is 0 Å². The van der Waals surface area contributed by atoms with Crippen molar-refractivity contribution in [1.82, 2.24) is 0 Å². The molecule has 0 saturated carbocycles. The van der Waals surface area contributed by atoms with Crippen molar-refractivity contribution in [2.24, 2.45) is 0 Å². The first-order valence-electron chi connectivity index (χ1n) is 9.08. The quantitative estimate of drug-likeness (QED) is 0.373. The van der Waals surface area contributed by atoms with Crippen LogP contribution < -0.4 is 0 Å². The molecular formula is C25H18O2. The van der Waals surface area contributed by atoms with Crippen molar-refractivity contribution in [2.45, 2.75) is 6.42 Å². The lowest BCUT2D eigenvalue weighted by Crippen LogP contribution is -2.04. The van der Waals surface area contributed by atoms with Crippen LogP contribution in [0.4, 0.5) is 0 Å². The summed E-state index contributed by atoms with van der Waals surface area (Å²) in [6, 6.07) is 27.1. The topological polar surface area (TPSA) is 26.3 Å². The van der Waals surface area contributed by atoms with Gasteiger partial charge in [0.2, 0.25) is 0 Å². The third-order valence-corrected chi connectivity index (χ3v) is 5.42. The molecular weight excluding hydrogens is 332 g/mol. The van der Waals surface area contributed by atoms with Crippen molar-refractivity contribution < 1.29 is 9.53 Å². The van der Waals surface area contributed by atoms with Crippen LogP contribution in [0, 0.1) is 0 Å². The minimum Gasteiger partial charge on any atom is -0.465 e. The maximum absolute atomic E-state index is 12.5. The van der Waals surface area contributed by atoms with Crippen LogP contribution >= 0.6 is 0 Å². The van der Waals surface area contributed by atoms with Crippen LogP contribution in [0.5, 0.6) is 0 Å². The number of hydrogen-bond acceptors (Lipinski definition) is 2. The summed E-state index contributed by atoms with van der Waals surface area (Å²) in [6.45, 7) is 0. The summed E-state index contributed by atoms with van der Waals surface area (Å²) in [5, 5.41) is 2.17. The van der Waals surface area contributed by atoms with Gasteiger partial charge < -0.3 is 4.74 Å². The van der Waals surface area contributed by atoms with E-state index in [1.807, 2.05) is 24.3 Å². The smallest absolute Gasteiger partial charge is 0.338 e. The van der Waals surface area contributed by atoms with Crippen LogP contribution in [-0.4, -0.2) is 13.1 Å². The Morgan fingerprint density at radius 2 is 1.59 bits per heavy atom.